The van der Waals surface area contributed by atoms with Gasteiger partial charge in [0.25, 0.3) is 0 Å². The van der Waals surface area contributed by atoms with E-state index in [2.05, 4.69) is 19.2 Å². The molecule has 0 bridgehead atoms. The highest BCUT2D eigenvalue weighted by Gasteiger charge is 2.38. The SMILES string of the molecule is CC(NC(C)(C)C1CC1)c1ccc(C(=O)O)o1. The Morgan fingerprint density at radius 1 is 1.53 bits per heavy atom. The lowest BCUT2D eigenvalue weighted by molar-refractivity contribution is 0.0659. The third-order valence-electron chi connectivity index (χ3n) is 3.45. The predicted octanol–water partition coefficient (Wildman–Crippen LogP) is 2.82. The molecule has 1 saturated carbocycles. The third kappa shape index (κ3) is 2.69. The maximum atomic E-state index is 10.7. The van der Waals surface area contributed by atoms with Crippen molar-refractivity contribution in [3.05, 3.63) is 23.7 Å². The molecule has 4 nitrogen and oxygen atoms in total. The number of nitrogens with one attached hydrogen (secondary N) is 1. The van der Waals surface area contributed by atoms with Crippen LogP contribution in [-0.2, 0) is 0 Å². The van der Waals surface area contributed by atoms with Gasteiger partial charge in [0.15, 0.2) is 0 Å². The monoisotopic (exact) mass is 237 g/mol. The van der Waals surface area contributed by atoms with Gasteiger partial charge < -0.3 is 14.8 Å². The second-order valence-corrected chi connectivity index (χ2v) is 5.37. The molecule has 0 amide bonds. The number of rotatable bonds is 5. The Hall–Kier alpha value is -1.29. The van der Waals surface area contributed by atoms with Crippen molar-refractivity contribution in [2.75, 3.05) is 0 Å². The second kappa shape index (κ2) is 4.18. The molecule has 4 heteroatoms. The third-order valence-corrected chi connectivity index (χ3v) is 3.45. The van der Waals surface area contributed by atoms with E-state index in [-0.39, 0.29) is 17.3 Å². The Labute approximate surface area is 101 Å². The number of carboxylic acids is 1. The lowest BCUT2D eigenvalue weighted by atomic mass is 9.97. The molecule has 2 rings (SSSR count). The first-order valence-electron chi connectivity index (χ1n) is 6.01. The van der Waals surface area contributed by atoms with Gasteiger partial charge in [-0.2, -0.15) is 0 Å². The van der Waals surface area contributed by atoms with Crippen molar-refractivity contribution >= 4 is 5.97 Å². The van der Waals surface area contributed by atoms with Crippen molar-refractivity contribution in [2.24, 2.45) is 5.92 Å². The number of hydrogen-bond acceptors (Lipinski definition) is 3. The smallest absolute Gasteiger partial charge is 0.371 e. The van der Waals surface area contributed by atoms with Gasteiger partial charge in [-0.1, -0.05) is 0 Å². The molecule has 1 aromatic rings. The molecule has 1 aliphatic rings. The summed E-state index contributed by atoms with van der Waals surface area (Å²) in [6.07, 6.45) is 2.54. The Morgan fingerprint density at radius 3 is 2.65 bits per heavy atom. The highest BCUT2D eigenvalue weighted by Crippen LogP contribution is 2.40. The van der Waals surface area contributed by atoms with Gasteiger partial charge in [0.1, 0.15) is 5.76 Å². The number of aromatic carboxylic acids is 1. The molecule has 0 aliphatic heterocycles. The zero-order chi connectivity index (χ0) is 12.6. The minimum atomic E-state index is -1.02. The number of furan rings is 1. The minimum absolute atomic E-state index is 0.00196. The molecule has 0 radical (unpaired) electrons. The van der Waals surface area contributed by atoms with E-state index < -0.39 is 5.97 Å². The molecule has 1 aliphatic carbocycles. The molecule has 1 atom stereocenters. The van der Waals surface area contributed by atoms with Crippen LogP contribution in [-0.4, -0.2) is 16.6 Å². The summed E-state index contributed by atoms with van der Waals surface area (Å²) in [6, 6.07) is 3.25. The van der Waals surface area contributed by atoms with Gasteiger partial charge in [-0.3, -0.25) is 0 Å². The van der Waals surface area contributed by atoms with Crippen LogP contribution in [0.3, 0.4) is 0 Å². The Kier molecular flexibility index (Phi) is 3.00. The summed E-state index contributed by atoms with van der Waals surface area (Å²) in [5, 5.41) is 12.3. The maximum absolute atomic E-state index is 10.7. The zero-order valence-electron chi connectivity index (χ0n) is 10.5. The average molecular weight is 237 g/mol. The molecule has 2 N–H and O–H groups in total. The normalized spacial score (nSPS) is 18.1. The van der Waals surface area contributed by atoms with Crippen molar-refractivity contribution in [1.82, 2.24) is 5.32 Å². The lowest BCUT2D eigenvalue weighted by Gasteiger charge is -2.29. The van der Waals surface area contributed by atoms with Gasteiger partial charge in [0.05, 0.1) is 6.04 Å². The van der Waals surface area contributed by atoms with E-state index in [1.807, 2.05) is 6.92 Å². The number of carboxylic acid groups (broad SMARTS) is 1. The van der Waals surface area contributed by atoms with Crippen molar-refractivity contribution in [3.63, 3.8) is 0 Å². The number of hydrogen-bond donors (Lipinski definition) is 2. The standard InChI is InChI=1S/C13H19NO3/c1-8(14-13(2,3)9-4-5-9)10-6-7-11(17-10)12(15)16/h6-9,14H,4-5H2,1-3H3,(H,15,16). The van der Waals surface area contributed by atoms with E-state index in [1.165, 1.54) is 18.9 Å². The van der Waals surface area contributed by atoms with Crippen LogP contribution in [0.15, 0.2) is 16.5 Å². The molecule has 0 saturated heterocycles. The Bertz CT molecular complexity index is 418. The van der Waals surface area contributed by atoms with Gasteiger partial charge in [0.2, 0.25) is 5.76 Å². The Morgan fingerprint density at radius 2 is 2.18 bits per heavy atom. The summed E-state index contributed by atoms with van der Waals surface area (Å²) in [4.78, 5) is 10.7. The van der Waals surface area contributed by atoms with Crippen molar-refractivity contribution in [1.29, 1.82) is 0 Å². The predicted molar refractivity (Wildman–Crippen MR) is 64.0 cm³/mol. The van der Waals surface area contributed by atoms with Crippen LogP contribution in [0, 0.1) is 5.92 Å². The number of carbonyl (C=O) groups is 1. The largest absolute Gasteiger partial charge is 0.475 e. The van der Waals surface area contributed by atoms with Gasteiger partial charge in [-0.15, -0.1) is 0 Å². The van der Waals surface area contributed by atoms with Gasteiger partial charge >= 0.3 is 5.97 Å². The molecule has 1 unspecified atom stereocenters. The molecule has 0 spiro atoms. The van der Waals surface area contributed by atoms with Crippen LogP contribution >= 0.6 is 0 Å². The first-order valence-corrected chi connectivity index (χ1v) is 6.01. The summed E-state index contributed by atoms with van der Waals surface area (Å²) in [6.45, 7) is 6.36. The van der Waals surface area contributed by atoms with Crippen LogP contribution in [0.1, 0.15) is 56.0 Å². The fraction of sp³-hybridized carbons (Fsp3) is 0.615. The van der Waals surface area contributed by atoms with E-state index in [1.54, 1.807) is 6.07 Å². The van der Waals surface area contributed by atoms with E-state index in [9.17, 15) is 4.79 Å². The van der Waals surface area contributed by atoms with E-state index in [0.29, 0.717) is 5.76 Å². The van der Waals surface area contributed by atoms with Crippen molar-refractivity contribution in [3.8, 4) is 0 Å². The summed E-state index contributed by atoms with van der Waals surface area (Å²) < 4.78 is 5.29. The first-order chi connectivity index (χ1) is 7.90. The quantitative estimate of drug-likeness (QED) is 0.826. The molecule has 1 heterocycles. The van der Waals surface area contributed by atoms with E-state index >= 15 is 0 Å². The van der Waals surface area contributed by atoms with Crippen LogP contribution in [0.25, 0.3) is 0 Å². The second-order valence-electron chi connectivity index (χ2n) is 5.37. The Balaban J connectivity index is 2.03. The fourth-order valence-electron chi connectivity index (χ4n) is 2.25. The molecule has 17 heavy (non-hydrogen) atoms. The van der Waals surface area contributed by atoms with Crippen molar-refractivity contribution in [2.45, 2.75) is 45.2 Å². The van der Waals surface area contributed by atoms with Crippen molar-refractivity contribution < 1.29 is 14.3 Å². The van der Waals surface area contributed by atoms with Crippen LogP contribution in [0.5, 0.6) is 0 Å². The summed E-state index contributed by atoms with van der Waals surface area (Å²) in [7, 11) is 0. The maximum Gasteiger partial charge on any atom is 0.371 e. The molecule has 0 aromatic carbocycles. The fourth-order valence-corrected chi connectivity index (χ4v) is 2.25. The molecule has 1 fully saturated rings. The first kappa shape index (κ1) is 12.2. The van der Waals surface area contributed by atoms with Crippen LogP contribution < -0.4 is 5.32 Å². The van der Waals surface area contributed by atoms with Crippen LogP contribution in [0.2, 0.25) is 0 Å². The molecular weight excluding hydrogens is 218 g/mol. The molecular formula is C13H19NO3. The summed E-state index contributed by atoms with van der Waals surface area (Å²) in [5.41, 5.74) is 0.0790. The highest BCUT2D eigenvalue weighted by molar-refractivity contribution is 5.84. The van der Waals surface area contributed by atoms with Crippen LogP contribution in [0.4, 0.5) is 0 Å². The van der Waals surface area contributed by atoms with E-state index in [0.717, 1.165) is 5.92 Å². The molecule has 1 aromatic heterocycles. The minimum Gasteiger partial charge on any atom is -0.475 e. The highest BCUT2D eigenvalue weighted by atomic mass is 16.4. The van der Waals surface area contributed by atoms with E-state index in [4.69, 9.17) is 9.52 Å². The topological polar surface area (TPSA) is 62.5 Å². The average Bonchev–Trinajstić information content (AvgIpc) is 2.95. The summed E-state index contributed by atoms with van der Waals surface area (Å²) >= 11 is 0. The zero-order valence-corrected chi connectivity index (χ0v) is 10.5. The lowest BCUT2D eigenvalue weighted by Crippen LogP contribution is -2.42. The summed E-state index contributed by atoms with van der Waals surface area (Å²) in [5.74, 6) is 0.373. The van der Waals surface area contributed by atoms with Gasteiger partial charge in [-0.05, 0) is 51.7 Å². The van der Waals surface area contributed by atoms with Gasteiger partial charge in [-0.25, -0.2) is 4.79 Å². The van der Waals surface area contributed by atoms with Gasteiger partial charge in [0, 0.05) is 5.54 Å². The molecule has 94 valence electrons.